The van der Waals surface area contributed by atoms with Crippen LogP contribution in [0.4, 0.5) is 15.9 Å². The van der Waals surface area contributed by atoms with Crippen LogP contribution in [0, 0.1) is 5.82 Å². The molecule has 0 spiro atoms. The van der Waals surface area contributed by atoms with Crippen molar-refractivity contribution in [3.63, 3.8) is 0 Å². The molecule has 1 aliphatic heterocycles. The van der Waals surface area contributed by atoms with Gasteiger partial charge in [0.05, 0.1) is 11.9 Å². The molecule has 4 nitrogen and oxygen atoms in total. The second-order valence-corrected chi connectivity index (χ2v) is 7.55. The number of rotatable bonds is 6. The summed E-state index contributed by atoms with van der Waals surface area (Å²) >= 11 is 5.36. The third-order valence-electron chi connectivity index (χ3n) is 5.01. The molecule has 2 heterocycles. The van der Waals surface area contributed by atoms with Gasteiger partial charge >= 0.3 is 0 Å². The lowest BCUT2D eigenvalue weighted by Crippen LogP contribution is -2.29. The molecule has 29 heavy (non-hydrogen) atoms. The van der Waals surface area contributed by atoms with Gasteiger partial charge in [0.15, 0.2) is 5.11 Å². The number of fused-ring (bicyclic) bond motifs is 1. The summed E-state index contributed by atoms with van der Waals surface area (Å²) in [6, 6.07) is 19.1. The molecule has 4 rings (SSSR count). The third-order valence-corrected chi connectivity index (χ3v) is 5.26. The Kier molecular flexibility index (Phi) is 6.00. The minimum atomic E-state index is -0.203. The van der Waals surface area contributed by atoms with Crippen LogP contribution in [0.5, 0.6) is 0 Å². The lowest BCUT2D eigenvalue weighted by atomic mass is 10.1. The van der Waals surface area contributed by atoms with E-state index >= 15 is 0 Å². The Bertz CT molecular complexity index is 948. The molecular formula is C23H23FN4S. The summed E-state index contributed by atoms with van der Waals surface area (Å²) in [6.45, 7) is 2.54. The van der Waals surface area contributed by atoms with Crippen molar-refractivity contribution in [2.75, 3.05) is 16.8 Å². The Morgan fingerprint density at radius 1 is 1.00 bits per heavy atom. The first-order valence-corrected chi connectivity index (χ1v) is 10.2. The molecule has 0 atom stereocenters. The van der Waals surface area contributed by atoms with Crippen LogP contribution in [-0.2, 0) is 19.5 Å². The maximum atomic E-state index is 12.9. The number of nitrogens with one attached hydrogen (secondary N) is 2. The van der Waals surface area contributed by atoms with E-state index in [-0.39, 0.29) is 5.82 Å². The quantitative estimate of drug-likeness (QED) is 0.460. The Balaban J connectivity index is 1.21. The lowest BCUT2D eigenvalue weighted by molar-refractivity contribution is 0.626. The summed E-state index contributed by atoms with van der Waals surface area (Å²) in [7, 11) is 0. The van der Waals surface area contributed by atoms with Gasteiger partial charge in [0.25, 0.3) is 0 Å². The van der Waals surface area contributed by atoms with Crippen LogP contribution < -0.4 is 15.5 Å². The maximum Gasteiger partial charge on any atom is 0.170 e. The highest BCUT2D eigenvalue weighted by Crippen LogP contribution is 2.27. The normalized spacial score (nSPS) is 12.5. The van der Waals surface area contributed by atoms with E-state index in [2.05, 4.69) is 44.8 Å². The minimum absolute atomic E-state index is 0.203. The monoisotopic (exact) mass is 406 g/mol. The second-order valence-electron chi connectivity index (χ2n) is 7.14. The van der Waals surface area contributed by atoms with Gasteiger partial charge in [-0.1, -0.05) is 36.4 Å². The van der Waals surface area contributed by atoms with Gasteiger partial charge in [-0.3, -0.25) is 0 Å². The van der Waals surface area contributed by atoms with Crippen molar-refractivity contribution >= 4 is 28.8 Å². The van der Waals surface area contributed by atoms with E-state index in [4.69, 9.17) is 12.2 Å². The van der Waals surface area contributed by atoms with Crippen LogP contribution in [0.3, 0.4) is 0 Å². The number of thiocarbonyl (C=S) groups is 1. The van der Waals surface area contributed by atoms with E-state index in [1.165, 1.54) is 23.3 Å². The van der Waals surface area contributed by atoms with Crippen molar-refractivity contribution < 1.29 is 4.39 Å². The van der Waals surface area contributed by atoms with Crippen molar-refractivity contribution in [3.05, 3.63) is 89.4 Å². The van der Waals surface area contributed by atoms with Crippen LogP contribution in [0.15, 0.2) is 66.9 Å². The fourth-order valence-electron chi connectivity index (χ4n) is 3.46. The molecule has 1 aliphatic rings. The molecule has 0 radical (unpaired) electrons. The number of hydrogen-bond donors (Lipinski definition) is 2. The summed E-state index contributed by atoms with van der Waals surface area (Å²) in [6.07, 6.45) is 3.61. The molecule has 0 amide bonds. The molecule has 0 saturated carbocycles. The zero-order chi connectivity index (χ0) is 20.1. The van der Waals surface area contributed by atoms with Crippen LogP contribution in [0.1, 0.15) is 23.1 Å². The van der Waals surface area contributed by atoms with Crippen molar-refractivity contribution in [2.24, 2.45) is 0 Å². The first-order valence-electron chi connectivity index (χ1n) is 9.74. The Hall–Kier alpha value is -2.99. The van der Waals surface area contributed by atoms with Gasteiger partial charge in [-0.25, -0.2) is 9.37 Å². The average molecular weight is 407 g/mol. The van der Waals surface area contributed by atoms with Gasteiger partial charge in [-0.15, -0.1) is 0 Å². The number of anilines is 2. The first-order chi connectivity index (χ1) is 14.2. The van der Waals surface area contributed by atoms with Crippen LogP contribution in [0.2, 0.25) is 0 Å². The highest BCUT2D eigenvalue weighted by atomic mass is 32.1. The van der Waals surface area contributed by atoms with Gasteiger partial charge in [-0.2, -0.15) is 0 Å². The van der Waals surface area contributed by atoms with Gasteiger partial charge < -0.3 is 15.5 Å². The van der Waals surface area contributed by atoms with Gasteiger partial charge in [-0.05, 0) is 66.0 Å². The molecule has 2 N–H and O–H groups in total. The summed E-state index contributed by atoms with van der Waals surface area (Å²) in [5, 5.41) is 6.95. The zero-order valence-corrected chi connectivity index (χ0v) is 16.9. The third kappa shape index (κ3) is 5.09. The Labute approximate surface area is 175 Å². The van der Waals surface area contributed by atoms with Crippen LogP contribution in [-0.4, -0.2) is 16.6 Å². The molecule has 0 saturated heterocycles. The van der Waals surface area contributed by atoms with Crippen molar-refractivity contribution in [1.82, 2.24) is 10.3 Å². The van der Waals surface area contributed by atoms with Gasteiger partial charge in [0, 0.05) is 19.6 Å². The molecule has 6 heteroatoms. The molecule has 0 fully saturated rings. The SMILES string of the molecule is Fc1ccc(CCCNC(=S)Nc2ccc(N3Cc4ccccc4C3)nc2)cc1. The smallest absolute Gasteiger partial charge is 0.170 e. The van der Waals surface area contributed by atoms with E-state index in [0.717, 1.165) is 49.5 Å². The maximum absolute atomic E-state index is 12.9. The zero-order valence-electron chi connectivity index (χ0n) is 16.1. The Morgan fingerprint density at radius 2 is 1.72 bits per heavy atom. The highest BCUT2D eigenvalue weighted by Gasteiger charge is 2.19. The number of hydrogen-bond acceptors (Lipinski definition) is 3. The van der Waals surface area contributed by atoms with E-state index in [1.807, 2.05) is 30.5 Å². The second kappa shape index (κ2) is 9.01. The molecule has 1 aromatic heterocycles. The van der Waals surface area contributed by atoms with Crippen molar-refractivity contribution in [3.8, 4) is 0 Å². The Morgan fingerprint density at radius 3 is 2.38 bits per heavy atom. The molecule has 3 aromatic rings. The van der Waals surface area contributed by atoms with E-state index in [9.17, 15) is 4.39 Å². The van der Waals surface area contributed by atoms with Crippen LogP contribution >= 0.6 is 12.2 Å². The predicted octanol–water partition coefficient (Wildman–Crippen LogP) is 4.66. The summed E-state index contributed by atoms with van der Waals surface area (Å²) in [5.74, 6) is 0.760. The number of halogens is 1. The molecule has 0 bridgehead atoms. The molecule has 0 unspecified atom stereocenters. The van der Waals surface area contributed by atoms with Crippen molar-refractivity contribution in [2.45, 2.75) is 25.9 Å². The summed E-state index contributed by atoms with van der Waals surface area (Å²) in [5.41, 5.74) is 4.71. The number of benzene rings is 2. The molecule has 2 aromatic carbocycles. The molecule has 0 aliphatic carbocycles. The fraction of sp³-hybridized carbons (Fsp3) is 0.217. The highest BCUT2D eigenvalue weighted by molar-refractivity contribution is 7.80. The van der Waals surface area contributed by atoms with Gasteiger partial charge in [0.2, 0.25) is 0 Å². The van der Waals surface area contributed by atoms with Crippen LogP contribution in [0.25, 0.3) is 0 Å². The molecular weight excluding hydrogens is 383 g/mol. The summed E-state index contributed by atoms with van der Waals surface area (Å²) in [4.78, 5) is 6.85. The first kappa shape index (κ1) is 19.3. The van der Waals surface area contributed by atoms with E-state index in [0.29, 0.717) is 5.11 Å². The topological polar surface area (TPSA) is 40.2 Å². The predicted molar refractivity (Wildman–Crippen MR) is 120 cm³/mol. The fourth-order valence-corrected chi connectivity index (χ4v) is 3.68. The largest absolute Gasteiger partial charge is 0.362 e. The molecule has 148 valence electrons. The van der Waals surface area contributed by atoms with Gasteiger partial charge in [0.1, 0.15) is 11.6 Å². The van der Waals surface area contributed by atoms with E-state index < -0.39 is 0 Å². The van der Waals surface area contributed by atoms with Crippen molar-refractivity contribution in [1.29, 1.82) is 0 Å². The van der Waals surface area contributed by atoms with E-state index in [1.54, 1.807) is 0 Å². The minimum Gasteiger partial charge on any atom is -0.362 e. The number of aromatic nitrogens is 1. The number of nitrogens with zero attached hydrogens (tertiary/aromatic N) is 2. The lowest BCUT2D eigenvalue weighted by Gasteiger charge is -2.17. The standard InChI is InChI=1S/C23H23FN4S/c24-20-9-7-17(8-10-20)4-3-13-25-23(29)27-21-11-12-22(26-14-21)28-15-18-5-1-2-6-19(18)16-28/h1-2,5-12,14H,3-4,13,15-16H2,(H2,25,27,29). The number of pyridine rings is 1. The number of aryl methyl sites for hydroxylation is 1. The average Bonchev–Trinajstić information content (AvgIpc) is 3.17. The summed E-state index contributed by atoms with van der Waals surface area (Å²) < 4.78 is 12.9.